The zero-order valence-electron chi connectivity index (χ0n) is 17.8. The molecule has 1 aliphatic carbocycles. The van der Waals surface area contributed by atoms with Gasteiger partial charge in [0.2, 0.25) is 0 Å². The van der Waals surface area contributed by atoms with E-state index in [1.165, 1.54) is 17.9 Å². The van der Waals surface area contributed by atoms with E-state index in [2.05, 4.69) is 14.7 Å². The Hall–Kier alpha value is -2.16. The van der Waals surface area contributed by atoms with Crippen LogP contribution in [0.15, 0.2) is 42.1 Å². The number of esters is 1. The molecule has 2 fully saturated rings. The number of ketones is 1. The van der Waals surface area contributed by atoms with E-state index >= 15 is 0 Å². The van der Waals surface area contributed by atoms with Crippen molar-refractivity contribution in [3.63, 3.8) is 0 Å². The third-order valence-corrected chi connectivity index (χ3v) is 6.42. The number of Topliss-reactive ketones (excluding diaryl/α,β-unsaturated/α-hetero) is 1. The molecule has 0 amide bonds. The van der Waals surface area contributed by atoms with Crippen molar-refractivity contribution in [2.45, 2.75) is 37.1 Å². The van der Waals surface area contributed by atoms with Gasteiger partial charge in [-0.2, -0.15) is 17.7 Å². The molecule has 1 saturated carbocycles. The number of likely N-dealkylation sites (tertiary alicyclic amines) is 1. The van der Waals surface area contributed by atoms with Crippen LogP contribution < -0.4 is 0 Å². The van der Waals surface area contributed by atoms with E-state index < -0.39 is 6.04 Å². The smallest absolute Gasteiger partial charge is 0.327 e. The summed E-state index contributed by atoms with van der Waals surface area (Å²) in [6.07, 6.45) is 6.18. The number of ether oxygens (including phenoxy) is 1. The fourth-order valence-electron chi connectivity index (χ4n) is 4.00. The minimum absolute atomic E-state index is 0. The number of hydrogen-bond donors (Lipinski definition) is 1. The topological polar surface area (TPSA) is 64.4 Å². The molecule has 0 bridgehead atoms. The highest BCUT2D eigenvalue weighted by atomic mass is 35.5. The van der Waals surface area contributed by atoms with Crippen LogP contribution in [-0.2, 0) is 20.9 Å². The molecule has 2 unspecified atom stereocenters. The van der Waals surface area contributed by atoms with E-state index in [9.17, 15) is 14.0 Å². The number of rotatable bonds is 7. The van der Waals surface area contributed by atoms with Crippen LogP contribution in [0, 0.1) is 11.7 Å². The maximum Gasteiger partial charge on any atom is 0.327 e. The van der Waals surface area contributed by atoms with Crippen molar-refractivity contribution in [2.75, 3.05) is 20.2 Å². The summed E-state index contributed by atoms with van der Waals surface area (Å²) in [5, 5.41) is 4.43. The molecular weight excluding hydrogens is 453 g/mol. The van der Waals surface area contributed by atoms with Gasteiger partial charge in [0, 0.05) is 36.0 Å². The molecule has 2 aliphatic rings. The second-order valence-corrected chi connectivity index (χ2v) is 8.73. The molecule has 6 nitrogen and oxygen atoms in total. The minimum atomic E-state index is -0.588. The van der Waals surface area contributed by atoms with E-state index in [1.54, 1.807) is 24.4 Å². The van der Waals surface area contributed by atoms with Gasteiger partial charge in [0.15, 0.2) is 5.78 Å². The molecule has 1 aliphatic heterocycles. The highest BCUT2D eigenvalue weighted by molar-refractivity contribution is 7.81. The van der Waals surface area contributed by atoms with Crippen LogP contribution in [0.25, 0.3) is 6.08 Å². The van der Waals surface area contributed by atoms with Crippen molar-refractivity contribution < 1.29 is 18.7 Å². The average Bonchev–Trinajstić information content (AvgIpc) is 3.53. The van der Waals surface area contributed by atoms with Crippen molar-refractivity contribution in [3.05, 3.63) is 59.2 Å². The van der Waals surface area contributed by atoms with Crippen LogP contribution in [0.2, 0.25) is 0 Å². The molecule has 32 heavy (non-hydrogen) atoms. The van der Waals surface area contributed by atoms with Gasteiger partial charge in [-0.15, -0.1) is 12.4 Å². The summed E-state index contributed by atoms with van der Waals surface area (Å²) >= 11 is 4.72. The SMILES string of the molecule is COC(=O)Cn1ccc(/C=C2/CN(C(C(=O)C3CC3)c3ccccc3F)CCC2S)n1.Cl. The van der Waals surface area contributed by atoms with E-state index in [0.29, 0.717) is 24.3 Å². The van der Waals surface area contributed by atoms with Crippen molar-refractivity contribution in [3.8, 4) is 0 Å². The molecular formula is C23H27ClFN3O3S. The zero-order chi connectivity index (χ0) is 22.0. The normalized spacial score (nSPS) is 21.1. The van der Waals surface area contributed by atoms with Gasteiger partial charge in [-0.25, -0.2) is 4.39 Å². The fourth-order valence-corrected chi connectivity index (χ4v) is 4.27. The summed E-state index contributed by atoms with van der Waals surface area (Å²) < 4.78 is 20.8. The van der Waals surface area contributed by atoms with Crippen LogP contribution >= 0.6 is 25.0 Å². The molecule has 172 valence electrons. The van der Waals surface area contributed by atoms with Crippen molar-refractivity contribution in [2.24, 2.45) is 5.92 Å². The zero-order valence-corrected chi connectivity index (χ0v) is 19.5. The first-order valence-electron chi connectivity index (χ1n) is 10.5. The van der Waals surface area contributed by atoms with Gasteiger partial charge in [0.05, 0.1) is 18.8 Å². The standard InChI is InChI=1S/C23H26FN3O3S.ClH/c1-30-21(28)14-27-11-8-17(25-27)12-16-13-26(10-9-20(16)31)22(23(29)15-6-7-15)18-4-2-3-5-19(18)24;/h2-5,8,11-12,15,20,22,31H,6-7,9-10,13-14H2,1H3;1H/b16-12-;. The van der Waals surface area contributed by atoms with Gasteiger partial charge in [0.1, 0.15) is 12.4 Å². The lowest BCUT2D eigenvalue weighted by Crippen LogP contribution is -2.42. The second kappa shape index (κ2) is 10.6. The number of nitrogens with zero attached hydrogens (tertiary/aromatic N) is 3. The van der Waals surface area contributed by atoms with Crippen molar-refractivity contribution >= 4 is 42.9 Å². The first kappa shape index (κ1) is 24.5. The Kier molecular flexibility index (Phi) is 8.14. The van der Waals surface area contributed by atoms with Crippen LogP contribution in [0.4, 0.5) is 4.39 Å². The third-order valence-electron chi connectivity index (χ3n) is 5.83. The maximum absolute atomic E-state index is 14.6. The van der Waals surface area contributed by atoms with Crippen molar-refractivity contribution in [1.29, 1.82) is 0 Å². The molecule has 1 saturated heterocycles. The Morgan fingerprint density at radius 2 is 2.03 bits per heavy atom. The quantitative estimate of drug-likeness (QED) is 0.484. The number of carbonyl (C=O) groups is 2. The number of hydrogen-bond acceptors (Lipinski definition) is 6. The summed E-state index contributed by atoms with van der Waals surface area (Å²) in [5.74, 6) is -0.588. The van der Waals surface area contributed by atoms with Crippen LogP contribution in [-0.4, -0.2) is 51.9 Å². The van der Waals surface area contributed by atoms with Gasteiger partial charge in [-0.1, -0.05) is 18.2 Å². The number of halogens is 2. The first-order valence-corrected chi connectivity index (χ1v) is 11.0. The Bertz CT molecular complexity index is 1010. The van der Waals surface area contributed by atoms with E-state index in [4.69, 9.17) is 12.6 Å². The molecule has 0 spiro atoms. The lowest BCUT2D eigenvalue weighted by Gasteiger charge is -2.37. The lowest BCUT2D eigenvalue weighted by atomic mass is 9.93. The predicted molar refractivity (Wildman–Crippen MR) is 125 cm³/mol. The number of methoxy groups -OCH3 is 1. The number of carbonyl (C=O) groups excluding carboxylic acids is 2. The van der Waals surface area contributed by atoms with Gasteiger partial charge in [-0.05, 0) is 43.0 Å². The van der Waals surface area contributed by atoms with E-state index in [-0.39, 0.29) is 47.7 Å². The second-order valence-electron chi connectivity index (χ2n) is 8.11. The highest BCUT2D eigenvalue weighted by Crippen LogP contribution is 2.39. The Labute approximate surface area is 198 Å². The number of benzene rings is 1. The van der Waals surface area contributed by atoms with Gasteiger partial charge in [0.25, 0.3) is 0 Å². The van der Waals surface area contributed by atoms with Crippen LogP contribution in [0.1, 0.15) is 36.6 Å². The summed E-state index contributed by atoms with van der Waals surface area (Å²) in [6, 6.07) is 7.78. The largest absolute Gasteiger partial charge is 0.468 e. The fraction of sp³-hybridized carbons (Fsp3) is 0.435. The predicted octanol–water partition coefficient (Wildman–Crippen LogP) is 3.72. The monoisotopic (exact) mass is 479 g/mol. The summed E-state index contributed by atoms with van der Waals surface area (Å²) in [4.78, 5) is 26.6. The van der Waals surface area contributed by atoms with Gasteiger partial charge >= 0.3 is 5.97 Å². The molecule has 0 radical (unpaired) electrons. The summed E-state index contributed by atoms with van der Waals surface area (Å²) in [7, 11) is 1.34. The maximum atomic E-state index is 14.6. The molecule has 1 aromatic heterocycles. The van der Waals surface area contributed by atoms with Crippen LogP contribution in [0.3, 0.4) is 0 Å². The van der Waals surface area contributed by atoms with Crippen molar-refractivity contribution in [1.82, 2.24) is 14.7 Å². The molecule has 2 heterocycles. The number of piperidine rings is 1. The molecule has 1 aromatic carbocycles. The highest BCUT2D eigenvalue weighted by Gasteiger charge is 2.40. The molecule has 2 aromatic rings. The number of thiol groups is 1. The first-order chi connectivity index (χ1) is 15.0. The minimum Gasteiger partial charge on any atom is -0.468 e. The summed E-state index contributed by atoms with van der Waals surface area (Å²) in [5.41, 5.74) is 2.16. The van der Waals surface area contributed by atoms with Gasteiger partial charge in [-0.3, -0.25) is 19.2 Å². The summed E-state index contributed by atoms with van der Waals surface area (Å²) in [6.45, 7) is 1.22. The Morgan fingerprint density at radius 1 is 1.28 bits per heavy atom. The van der Waals surface area contributed by atoms with E-state index in [0.717, 1.165) is 24.8 Å². The molecule has 4 rings (SSSR count). The average molecular weight is 480 g/mol. The van der Waals surface area contributed by atoms with Crippen LogP contribution in [0.5, 0.6) is 0 Å². The lowest BCUT2D eigenvalue weighted by molar-refractivity contribution is -0.141. The van der Waals surface area contributed by atoms with Gasteiger partial charge < -0.3 is 4.74 Å². The number of aromatic nitrogens is 2. The molecule has 2 atom stereocenters. The third kappa shape index (κ3) is 5.60. The van der Waals surface area contributed by atoms with E-state index in [1.807, 2.05) is 12.1 Å². The molecule has 9 heteroatoms. The Morgan fingerprint density at radius 3 is 2.72 bits per heavy atom. The molecule has 0 N–H and O–H groups in total. The Balaban J connectivity index is 0.00000289.